The quantitative estimate of drug-likeness (QED) is 0.383. The van der Waals surface area contributed by atoms with Crippen LogP contribution in [0.1, 0.15) is 11.1 Å². The summed E-state index contributed by atoms with van der Waals surface area (Å²) in [5.74, 6) is 0. The third kappa shape index (κ3) is 2.05. The maximum atomic E-state index is 2.30. The molecule has 21 heavy (non-hydrogen) atoms. The van der Waals surface area contributed by atoms with E-state index in [0.717, 1.165) is 0 Å². The third-order valence-corrected chi connectivity index (χ3v) is 5.23. The van der Waals surface area contributed by atoms with Crippen molar-refractivity contribution in [3.05, 3.63) is 71.8 Å². The summed E-state index contributed by atoms with van der Waals surface area (Å²) in [4.78, 5) is 0. The van der Waals surface area contributed by atoms with E-state index in [-0.39, 0.29) is 0 Å². The molecule has 0 nitrogen and oxygen atoms in total. The summed E-state index contributed by atoms with van der Waals surface area (Å²) >= 11 is 1.90. The van der Waals surface area contributed by atoms with Crippen LogP contribution in [0.2, 0.25) is 0 Å². The fourth-order valence-corrected chi connectivity index (χ4v) is 4.09. The van der Waals surface area contributed by atoms with Gasteiger partial charge in [-0.3, -0.25) is 0 Å². The highest BCUT2D eigenvalue weighted by atomic mass is 32.1. The minimum atomic E-state index is 1.30. The van der Waals surface area contributed by atoms with Crippen molar-refractivity contribution in [2.45, 2.75) is 13.8 Å². The molecule has 0 saturated carbocycles. The molecule has 1 heteroatoms. The molecule has 0 aliphatic rings. The number of fused-ring (bicyclic) bond motifs is 3. The van der Waals surface area contributed by atoms with Gasteiger partial charge in [-0.05, 0) is 37.1 Å². The van der Waals surface area contributed by atoms with Crippen LogP contribution in [0.25, 0.3) is 31.3 Å². The Labute approximate surface area is 128 Å². The van der Waals surface area contributed by atoms with Gasteiger partial charge in [0.2, 0.25) is 0 Å². The number of rotatable bonds is 1. The largest absolute Gasteiger partial charge is 0.135 e. The molecule has 102 valence electrons. The maximum absolute atomic E-state index is 2.30. The van der Waals surface area contributed by atoms with E-state index in [0.29, 0.717) is 0 Å². The molecule has 0 saturated heterocycles. The number of aryl methyl sites for hydroxylation is 2. The van der Waals surface area contributed by atoms with Crippen LogP contribution < -0.4 is 0 Å². The second kappa shape index (κ2) is 4.71. The predicted octanol–water partition coefficient (Wildman–Crippen LogP) is 6.34. The molecule has 0 aliphatic carbocycles. The summed E-state index contributed by atoms with van der Waals surface area (Å²) in [6.45, 7) is 4.29. The minimum absolute atomic E-state index is 1.30. The van der Waals surface area contributed by atoms with E-state index in [2.05, 4.69) is 74.5 Å². The second-order valence-corrected chi connectivity index (χ2v) is 6.70. The van der Waals surface area contributed by atoms with E-state index in [1.165, 1.54) is 42.4 Å². The lowest BCUT2D eigenvalue weighted by molar-refractivity contribution is 1.47. The van der Waals surface area contributed by atoms with Crippen LogP contribution in [-0.4, -0.2) is 0 Å². The molecular formula is C20H16S. The second-order valence-electron chi connectivity index (χ2n) is 5.65. The Kier molecular flexibility index (Phi) is 2.83. The van der Waals surface area contributed by atoms with Crippen LogP contribution in [-0.2, 0) is 0 Å². The van der Waals surface area contributed by atoms with E-state index in [1.54, 1.807) is 0 Å². The monoisotopic (exact) mass is 288 g/mol. The lowest BCUT2D eigenvalue weighted by atomic mass is 10.0. The summed E-state index contributed by atoms with van der Waals surface area (Å²) in [6, 6.07) is 22.2. The zero-order valence-corrected chi connectivity index (χ0v) is 13.0. The molecule has 0 atom stereocenters. The van der Waals surface area contributed by atoms with Gasteiger partial charge in [-0.15, -0.1) is 11.3 Å². The van der Waals surface area contributed by atoms with Gasteiger partial charge >= 0.3 is 0 Å². The van der Waals surface area contributed by atoms with Gasteiger partial charge in [-0.2, -0.15) is 0 Å². The van der Waals surface area contributed by atoms with Crippen molar-refractivity contribution in [2.24, 2.45) is 0 Å². The van der Waals surface area contributed by atoms with Crippen molar-refractivity contribution in [1.82, 2.24) is 0 Å². The fraction of sp³-hybridized carbons (Fsp3) is 0.100. The Bertz CT molecular complexity index is 943. The molecule has 0 bridgehead atoms. The first kappa shape index (κ1) is 12.6. The first-order valence-corrected chi connectivity index (χ1v) is 8.03. The van der Waals surface area contributed by atoms with Crippen molar-refractivity contribution < 1.29 is 0 Å². The van der Waals surface area contributed by atoms with Gasteiger partial charge < -0.3 is 0 Å². The molecule has 1 aromatic heterocycles. The molecule has 0 radical (unpaired) electrons. The molecule has 1 heterocycles. The summed E-state index contributed by atoms with van der Waals surface area (Å²) < 4.78 is 2.76. The fourth-order valence-electron chi connectivity index (χ4n) is 2.87. The summed E-state index contributed by atoms with van der Waals surface area (Å²) in [7, 11) is 0. The number of benzene rings is 3. The molecule has 0 amide bonds. The van der Waals surface area contributed by atoms with E-state index >= 15 is 0 Å². The van der Waals surface area contributed by atoms with Crippen LogP contribution in [0.15, 0.2) is 60.7 Å². The van der Waals surface area contributed by atoms with E-state index in [9.17, 15) is 0 Å². The lowest BCUT2D eigenvalue weighted by Gasteiger charge is -2.04. The van der Waals surface area contributed by atoms with Gasteiger partial charge in [0, 0.05) is 20.2 Å². The number of thiophene rings is 1. The summed E-state index contributed by atoms with van der Waals surface area (Å²) in [5.41, 5.74) is 5.27. The van der Waals surface area contributed by atoms with Crippen molar-refractivity contribution >= 4 is 31.5 Å². The van der Waals surface area contributed by atoms with Crippen molar-refractivity contribution in [3.8, 4) is 11.1 Å². The first-order valence-electron chi connectivity index (χ1n) is 7.21. The number of hydrogen-bond donors (Lipinski definition) is 0. The Balaban J connectivity index is 2.06. The Hall–Kier alpha value is -2.12. The molecule has 4 rings (SSSR count). The third-order valence-electron chi connectivity index (χ3n) is 4.01. The molecular weight excluding hydrogens is 272 g/mol. The van der Waals surface area contributed by atoms with Gasteiger partial charge in [0.05, 0.1) is 0 Å². The Morgan fingerprint density at radius 2 is 1.48 bits per heavy atom. The van der Waals surface area contributed by atoms with Crippen LogP contribution in [0.4, 0.5) is 0 Å². The normalized spacial score (nSPS) is 11.3. The van der Waals surface area contributed by atoms with Gasteiger partial charge in [-0.25, -0.2) is 0 Å². The zero-order chi connectivity index (χ0) is 14.4. The molecule has 0 aliphatic heterocycles. The minimum Gasteiger partial charge on any atom is -0.135 e. The van der Waals surface area contributed by atoms with Gasteiger partial charge in [0.15, 0.2) is 0 Å². The maximum Gasteiger partial charge on any atom is 0.0433 e. The van der Waals surface area contributed by atoms with E-state index in [1.807, 2.05) is 11.3 Å². The van der Waals surface area contributed by atoms with Crippen molar-refractivity contribution in [2.75, 3.05) is 0 Å². The molecule has 0 fully saturated rings. The zero-order valence-electron chi connectivity index (χ0n) is 12.2. The van der Waals surface area contributed by atoms with Gasteiger partial charge in [0.1, 0.15) is 0 Å². The van der Waals surface area contributed by atoms with Crippen LogP contribution in [0, 0.1) is 13.8 Å². The van der Waals surface area contributed by atoms with Crippen molar-refractivity contribution in [3.63, 3.8) is 0 Å². The number of hydrogen-bond acceptors (Lipinski definition) is 1. The smallest absolute Gasteiger partial charge is 0.0433 e. The van der Waals surface area contributed by atoms with Crippen LogP contribution in [0.3, 0.4) is 0 Å². The summed E-state index contributed by atoms with van der Waals surface area (Å²) in [6.07, 6.45) is 0. The summed E-state index contributed by atoms with van der Waals surface area (Å²) in [5, 5.41) is 2.75. The van der Waals surface area contributed by atoms with Gasteiger partial charge in [-0.1, -0.05) is 59.7 Å². The Morgan fingerprint density at radius 3 is 2.29 bits per heavy atom. The molecule has 0 unspecified atom stereocenters. The first-order chi connectivity index (χ1) is 10.2. The molecule has 3 aromatic carbocycles. The lowest BCUT2D eigenvalue weighted by Crippen LogP contribution is -1.79. The van der Waals surface area contributed by atoms with Gasteiger partial charge in [0.25, 0.3) is 0 Å². The SMILES string of the molecule is Cc1ccc(-c2cccc3c2sc2ccc(C)cc23)cc1. The van der Waals surface area contributed by atoms with E-state index in [4.69, 9.17) is 0 Å². The molecule has 0 spiro atoms. The topological polar surface area (TPSA) is 0 Å². The Morgan fingerprint density at radius 1 is 0.714 bits per heavy atom. The van der Waals surface area contributed by atoms with Crippen molar-refractivity contribution in [1.29, 1.82) is 0 Å². The highest BCUT2D eigenvalue weighted by molar-refractivity contribution is 7.26. The average molecular weight is 288 g/mol. The van der Waals surface area contributed by atoms with E-state index < -0.39 is 0 Å². The highest BCUT2D eigenvalue weighted by Gasteiger charge is 2.10. The predicted molar refractivity (Wildman–Crippen MR) is 94.2 cm³/mol. The highest BCUT2D eigenvalue weighted by Crippen LogP contribution is 2.40. The van der Waals surface area contributed by atoms with Crippen LogP contribution >= 0.6 is 11.3 Å². The standard InChI is InChI=1S/C20H16S/c1-13-6-9-15(10-7-13)16-4-3-5-17-18-12-14(2)8-11-19(18)21-20(16)17/h3-12H,1-2H3. The molecule has 0 N–H and O–H groups in total. The average Bonchev–Trinajstić information content (AvgIpc) is 2.86. The molecule has 4 aromatic rings. The van der Waals surface area contributed by atoms with Crippen LogP contribution in [0.5, 0.6) is 0 Å².